The van der Waals surface area contributed by atoms with Crippen molar-refractivity contribution in [2.75, 3.05) is 13.1 Å². The molecule has 1 atom stereocenters. The molecule has 1 heterocycles. The van der Waals surface area contributed by atoms with Gasteiger partial charge in [0.15, 0.2) is 0 Å². The van der Waals surface area contributed by atoms with Crippen LogP contribution in [0.2, 0.25) is 0 Å². The van der Waals surface area contributed by atoms with Crippen LogP contribution < -0.4 is 5.32 Å². The predicted molar refractivity (Wildman–Crippen MR) is 83.7 cm³/mol. The minimum absolute atomic E-state index is 0.593. The molecular weight excluding hydrogens is 248 g/mol. The highest BCUT2D eigenvalue weighted by Gasteiger charge is 2.26. The molecule has 0 aliphatic heterocycles. The molecule has 20 heavy (non-hydrogen) atoms. The molecule has 1 aromatic heterocycles. The Hall–Kier alpha value is -0.800. The van der Waals surface area contributed by atoms with Crippen LogP contribution in [-0.4, -0.2) is 30.1 Å². The van der Waals surface area contributed by atoms with E-state index in [2.05, 4.69) is 31.0 Å². The van der Waals surface area contributed by atoms with Crippen LogP contribution in [0.25, 0.3) is 0 Å². The summed E-state index contributed by atoms with van der Waals surface area (Å²) < 4.78 is 5.36. The number of rotatable bonds is 8. The third kappa shape index (κ3) is 4.64. The molecule has 1 fully saturated rings. The quantitative estimate of drug-likeness (QED) is 0.786. The maximum absolute atomic E-state index is 5.36. The number of nitrogens with one attached hydrogen (secondary N) is 1. The van der Waals surface area contributed by atoms with Crippen LogP contribution in [0.3, 0.4) is 0 Å². The van der Waals surface area contributed by atoms with E-state index in [1.807, 2.05) is 12.1 Å². The standard InChI is InChI=1S/C17H30N2O/c1-14(2)13-19(16-7-4-5-8-16)15(3)11-18-12-17-9-6-10-20-17/h6,9-10,14-16,18H,4-5,7-8,11-13H2,1-3H3. The summed E-state index contributed by atoms with van der Waals surface area (Å²) in [4.78, 5) is 2.73. The fourth-order valence-corrected chi connectivity index (χ4v) is 3.28. The Balaban J connectivity index is 1.80. The van der Waals surface area contributed by atoms with E-state index in [1.165, 1.54) is 32.2 Å². The Bertz CT molecular complexity index is 355. The molecule has 1 aromatic rings. The summed E-state index contributed by atoms with van der Waals surface area (Å²) in [6.07, 6.45) is 7.33. The van der Waals surface area contributed by atoms with E-state index in [4.69, 9.17) is 4.42 Å². The SMILES string of the molecule is CC(C)CN(C(C)CNCc1ccco1)C1CCCC1. The fourth-order valence-electron chi connectivity index (χ4n) is 3.28. The Kier molecular flexibility index (Phi) is 6.11. The predicted octanol–water partition coefficient (Wildman–Crippen LogP) is 3.66. The number of furan rings is 1. The Labute approximate surface area is 123 Å². The first-order chi connectivity index (χ1) is 9.66. The molecule has 3 nitrogen and oxygen atoms in total. The van der Waals surface area contributed by atoms with E-state index in [0.717, 1.165) is 30.8 Å². The molecule has 1 unspecified atom stereocenters. The second-order valence-corrected chi connectivity index (χ2v) is 6.59. The molecule has 1 aliphatic carbocycles. The summed E-state index contributed by atoms with van der Waals surface area (Å²) in [6, 6.07) is 5.37. The van der Waals surface area contributed by atoms with Crippen molar-refractivity contribution >= 4 is 0 Å². The molecule has 0 radical (unpaired) electrons. The highest BCUT2D eigenvalue weighted by atomic mass is 16.3. The third-order valence-corrected chi connectivity index (χ3v) is 4.25. The van der Waals surface area contributed by atoms with E-state index in [1.54, 1.807) is 6.26 Å². The van der Waals surface area contributed by atoms with Gasteiger partial charge in [-0.3, -0.25) is 4.90 Å². The van der Waals surface area contributed by atoms with E-state index in [-0.39, 0.29) is 0 Å². The number of hydrogen-bond donors (Lipinski definition) is 1. The van der Waals surface area contributed by atoms with Crippen molar-refractivity contribution in [1.29, 1.82) is 0 Å². The zero-order valence-electron chi connectivity index (χ0n) is 13.3. The van der Waals surface area contributed by atoms with Crippen LogP contribution in [0.1, 0.15) is 52.2 Å². The Morgan fingerprint density at radius 1 is 1.30 bits per heavy atom. The lowest BCUT2D eigenvalue weighted by atomic mass is 10.1. The van der Waals surface area contributed by atoms with Gasteiger partial charge in [0.05, 0.1) is 12.8 Å². The Morgan fingerprint density at radius 2 is 2.05 bits per heavy atom. The van der Waals surface area contributed by atoms with Crippen molar-refractivity contribution in [2.24, 2.45) is 5.92 Å². The van der Waals surface area contributed by atoms with Crippen molar-refractivity contribution in [3.63, 3.8) is 0 Å². The van der Waals surface area contributed by atoms with Gasteiger partial charge in [-0.2, -0.15) is 0 Å². The molecule has 0 spiro atoms. The van der Waals surface area contributed by atoms with Gasteiger partial charge in [-0.15, -0.1) is 0 Å². The number of hydrogen-bond acceptors (Lipinski definition) is 3. The van der Waals surface area contributed by atoms with Gasteiger partial charge in [0.25, 0.3) is 0 Å². The van der Waals surface area contributed by atoms with Gasteiger partial charge in [-0.05, 0) is 37.8 Å². The summed E-state index contributed by atoms with van der Waals surface area (Å²) >= 11 is 0. The zero-order valence-corrected chi connectivity index (χ0v) is 13.3. The van der Waals surface area contributed by atoms with E-state index in [9.17, 15) is 0 Å². The second-order valence-electron chi connectivity index (χ2n) is 6.59. The Morgan fingerprint density at radius 3 is 2.65 bits per heavy atom. The topological polar surface area (TPSA) is 28.4 Å². The average Bonchev–Trinajstić information content (AvgIpc) is 3.08. The van der Waals surface area contributed by atoms with Crippen molar-refractivity contribution in [3.05, 3.63) is 24.2 Å². The molecule has 3 heteroatoms. The van der Waals surface area contributed by atoms with Crippen LogP contribution >= 0.6 is 0 Å². The summed E-state index contributed by atoms with van der Waals surface area (Å²) in [5.41, 5.74) is 0. The third-order valence-electron chi connectivity index (χ3n) is 4.25. The van der Waals surface area contributed by atoms with Crippen molar-refractivity contribution in [3.8, 4) is 0 Å². The molecule has 1 saturated carbocycles. The smallest absolute Gasteiger partial charge is 0.117 e. The van der Waals surface area contributed by atoms with Crippen molar-refractivity contribution < 1.29 is 4.42 Å². The lowest BCUT2D eigenvalue weighted by molar-refractivity contribution is 0.125. The van der Waals surface area contributed by atoms with Gasteiger partial charge >= 0.3 is 0 Å². The van der Waals surface area contributed by atoms with Crippen LogP contribution in [0, 0.1) is 5.92 Å². The van der Waals surface area contributed by atoms with Crippen molar-refractivity contribution in [2.45, 2.75) is 65.1 Å². The van der Waals surface area contributed by atoms with Gasteiger partial charge < -0.3 is 9.73 Å². The summed E-state index contributed by atoms with van der Waals surface area (Å²) in [5.74, 6) is 1.76. The van der Waals surface area contributed by atoms with Gasteiger partial charge in [-0.1, -0.05) is 26.7 Å². The van der Waals surface area contributed by atoms with Gasteiger partial charge in [0, 0.05) is 25.2 Å². The number of nitrogens with zero attached hydrogens (tertiary/aromatic N) is 1. The molecular formula is C17H30N2O. The highest BCUT2D eigenvalue weighted by Crippen LogP contribution is 2.25. The molecule has 0 bridgehead atoms. The minimum atomic E-state index is 0.593. The maximum Gasteiger partial charge on any atom is 0.117 e. The monoisotopic (exact) mass is 278 g/mol. The van der Waals surface area contributed by atoms with Gasteiger partial charge in [0.1, 0.15) is 5.76 Å². The lowest BCUT2D eigenvalue weighted by Gasteiger charge is -2.36. The van der Waals surface area contributed by atoms with E-state index >= 15 is 0 Å². The van der Waals surface area contributed by atoms with Gasteiger partial charge in [0.2, 0.25) is 0 Å². The largest absolute Gasteiger partial charge is 0.468 e. The molecule has 1 aliphatic rings. The van der Waals surface area contributed by atoms with Crippen LogP contribution in [0.5, 0.6) is 0 Å². The van der Waals surface area contributed by atoms with Crippen LogP contribution in [-0.2, 0) is 6.54 Å². The second kappa shape index (κ2) is 7.84. The zero-order chi connectivity index (χ0) is 14.4. The summed E-state index contributed by atoms with van der Waals surface area (Å²) in [7, 11) is 0. The van der Waals surface area contributed by atoms with Gasteiger partial charge in [-0.25, -0.2) is 0 Å². The maximum atomic E-state index is 5.36. The minimum Gasteiger partial charge on any atom is -0.468 e. The fraction of sp³-hybridized carbons (Fsp3) is 0.765. The molecule has 2 rings (SSSR count). The molecule has 0 amide bonds. The highest BCUT2D eigenvalue weighted by molar-refractivity contribution is 4.97. The molecule has 0 saturated heterocycles. The molecule has 1 N–H and O–H groups in total. The lowest BCUT2D eigenvalue weighted by Crippen LogP contribution is -2.47. The molecule has 0 aromatic carbocycles. The van der Waals surface area contributed by atoms with Crippen molar-refractivity contribution in [1.82, 2.24) is 10.2 Å². The first kappa shape index (κ1) is 15.6. The van der Waals surface area contributed by atoms with Crippen LogP contribution in [0.15, 0.2) is 22.8 Å². The van der Waals surface area contributed by atoms with E-state index in [0.29, 0.717) is 6.04 Å². The average molecular weight is 278 g/mol. The molecule has 114 valence electrons. The summed E-state index contributed by atoms with van der Waals surface area (Å²) in [6.45, 7) is 10.1. The summed E-state index contributed by atoms with van der Waals surface area (Å²) in [5, 5.41) is 3.53. The normalized spacial score (nSPS) is 18.2. The first-order valence-electron chi connectivity index (χ1n) is 8.15. The van der Waals surface area contributed by atoms with Crippen LogP contribution in [0.4, 0.5) is 0 Å². The first-order valence-corrected chi connectivity index (χ1v) is 8.15. The van der Waals surface area contributed by atoms with E-state index < -0.39 is 0 Å².